The van der Waals surface area contributed by atoms with Gasteiger partial charge in [-0.3, -0.25) is 4.79 Å². The Morgan fingerprint density at radius 2 is 1.69 bits per heavy atom. The van der Waals surface area contributed by atoms with Crippen LogP contribution in [0.15, 0.2) is 24.3 Å². The molecule has 0 spiro atoms. The van der Waals surface area contributed by atoms with Gasteiger partial charge in [-0.1, -0.05) is 29.8 Å². The Hall–Kier alpha value is -1.15. The summed E-state index contributed by atoms with van der Waals surface area (Å²) in [7, 11) is -1.36. The number of halogens is 1. The molecular formula is C18H26ClN3O3S. The molecule has 2 saturated heterocycles. The van der Waals surface area contributed by atoms with E-state index in [0.717, 1.165) is 26.2 Å². The monoisotopic (exact) mass is 399 g/mol. The summed E-state index contributed by atoms with van der Waals surface area (Å²) < 4.78 is 26.9. The number of carbonyl (C=O) groups excluding carboxylic acids is 1. The van der Waals surface area contributed by atoms with Crippen LogP contribution in [0.25, 0.3) is 0 Å². The Bertz CT molecular complexity index is 740. The van der Waals surface area contributed by atoms with Gasteiger partial charge in [0.1, 0.15) is 0 Å². The highest BCUT2D eigenvalue weighted by atomic mass is 35.5. The molecule has 1 aromatic rings. The van der Waals surface area contributed by atoms with Crippen LogP contribution in [-0.2, 0) is 20.6 Å². The Morgan fingerprint density at radius 3 is 2.31 bits per heavy atom. The third kappa shape index (κ3) is 4.57. The lowest BCUT2D eigenvalue weighted by Gasteiger charge is -2.37. The molecule has 0 atom stereocenters. The molecule has 0 aromatic heterocycles. The minimum absolute atomic E-state index is 0.0647. The number of carbonyl (C=O) groups is 1. The number of rotatable bonds is 4. The number of benzene rings is 1. The smallest absolute Gasteiger partial charge is 0.225 e. The topological polar surface area (TPSA) is 60.9 Å². The van der Waals surface area contributed by atoms with E-state index in [0.29, 0.717) is 36.5 Å². The molecule has 6 nitrogen and oxygen atoms in total. The van der Waals surface area contributed by atoms with Gasteiger partial charge >= 0.3 is 0 Å². The van der Waals surface area contributed by atoms with E-state index in [9.17, 15) is 13.2 Å². The first-order valence-corrected chi connectivity index (χ1v) is 11.0. The van der Waals surface area contributed by atoms with Crippen LogP contribution in [-0.4, -0.2) is 74.7 Å². The van der Waals surface area contributed by atoms with E-state index < -0.39 is 10.0 Å². The number of sulfonamides is 1. The van der Waals surface area contributed by atoms with Crippen molar-refractivity contribution < 1.29 is 13.2 Å². The van der Waals surface area contributed by atoms with Crippen LogP contribution in [0, 0.1) is 5.92 Å². The summed E-state index contributed by atoms with van der Waals surface area (Å²) >= 11 is 6.09. The quantitative estimate of drug-likeness (QED) is 0.772. The predicted molar refractivity (Wildman–Crippen MR) is 102 cm³/mol. The lowest BCUT2D eigenvalue weighted by atomic mass is 9.96. The number of hydrogen-bond donors (Lipinski definition) is 0. The molecule has 0 bridgehead atoms. The van der Waals surface area contributed by atoms with Crippen LogP contribution in [0.4, 0.5) is 0 Å². The summed E-state index contributed by atoms with van der Waals surface area (Å²) in [6.07, 6.45) is 1.18. The summed E-state index contributed by atoms with van der Waals surface area (Å²) in [6.45, 7) is 4.13. The number of hydrogen-bond acceptors (Lipinski definition) is 4. The number of piperazine rings is 1. The molecule has 1 aromatic carbocycles. The van der Waals surface area contributed by atoms with E-state index in [2.05, 4.69) is 11.9 Å². The third-order valence-corrected chi connectivity index (χ3v) is 7.50. The molecule has 2 heterocycles. The van der Waals surface area contributed by atoms with Gasteiger partial charge in [0.05, 0.1) is 5.75 Å². The Balaban J connectivity index is 1.56. The first-order valence-electron chi connectivity index (χ1n) is 9.05. The van der Waals surface area contributed by atoms with Gasteiger partial charge in [0.15, 0.2) is 0 Å². The third-order valence-electron chi connectivity index (χ3n) is 5.31. The van der Waals surface area contributed by atoms with Crippen molar-refractivity contribution in [3.63, 3.8) is 0 Å². The van der Waals surface area contributed by atoms with E-state index in [1.807, 2.05) is 4.90 Å². The summed E-state index contributed by atoms with van der Waals surface area (Å²) in [4.78, 5) is 16.8. The van der Waals surface area contributed by atoms with Crippen LogP contribution in [0.2, 0.25) is 5.02 Å². The zero-order chi connectivity index (χ0) is 18.7. The molecule has 144 valence electrons. The highest BCUT2D eigenvalue weighted by Crippen LogP contribution is 2.25. The lowest BCUT2D eigenvalue weighted by Crippen LogP contribution is -2.51. The summed E-state index contributed by atoms with van der Waals surface area (Å²) in [5.74, 6) is 0.0236. The average Bonchev–Trinajstić information content (AvgIpc) is 2.64. The van der Waals surface area contributed by atoms with Crippen LogP contribution in [0.5, 0.6) is 0 Å². The standard InChI is InChI=1S/C18H26ClN3O3S/c1-20-10-12-21(13-11-20)18(23)15-6-8-22(9-7-15)26(24,25)14-16-4-2-3-5-17(16)19/h2-5,15H,6-14H2,1H3. The number of likely N-dealkylation sites (N-methyl/N-ethyl adjacent to an activating group) is 1. The minimum Gasteiger partial charge on any atom is -0.340 e. The minimum atomic E-state index is -3.42. The first kappa shape index (κ1) is 19.6. The van der Waals surface area contributed by atoms with Crippen molar-refractivity contribution in [3.05, 3.63) is 34.9 Å². The molecule has 2 aliphatic rings. The van der Waals surface area contributed by atoms with Crippen molar-refractivity contribution in [2.24, 2.45) is 5.92 Å². The largest absolute Gasteiger partial charge is 0.340 e. The van der Waals surface area contributed by atoms with Gasteiger partial charge in [-0.2, -0.15) is 0 Å². The SMILES string of the molecule is CN1CCN(C(=O)C2CCN(S(=O)(=O)Cc3ccccc3Cl)CC2)CC1. The van der Waals surface area contributed by atoms with Crippen molar-refractivity contribution in [3.8, 4) is 0 Å². The van der Waals surface area contributed by atoms with E-state index >= 15 is 0 Å². The van der Waals surface area contributed by atoms with Crippen LogP contribution in [0.1, 0.15) is 18.4 Å². The zero-order valence-corrected chi connectivity index (χ0v) is 16.7. The van der Waals surface area contributed by atoms with Crippen LogP contribution < -0.4 is 0 Å². The molecule has 0 saturated carbocycles. The maximum Gasteiger partial charge on any atom is 0.225 e. The zero-order valence-electron chi connectivity index (χ0n) is 15.1. The van der Waals surface area contributed by atoms with E-state index in [1.54, 1.807) is 24.3 Å². The average molecular weight is 400 g/mol. The summed E-state index contributed by atoms with van der Waals surface area (Å²) in [6, 6.07) is 7.02. The molecule has 0 aliphatic carbocycles. The molecule has 0 N–H and O–H groups in total. The molecule has 1 amide bonds. The molecular weight excluding hydrogens is 374 g/mol. The molecule has 26 heavy (non-hydrogen) atoms. The fourth-order valence-corrected chi connectivity index (χ4v) is 5.45. The van der Waals surface area contributed by atoms with Gasteiger partial charge in [0.2, 0.25) is 15.9 Å². The Labute approximate surface area is 160 Å². The first-order chi connectivity index (χ1) is 12.4. The van der Waals surface area contributed by atoms with Gasteiger partial charge in [-0.05, 0) is 31.5 Å². The van der Waals surface area contributed by atoms with Gasteiger partial charge < -0.3 is 9.80 Å². The number of piperidine rings is 1. The second-order valence-electron chi connectivity index (χ2n) is 7.15. The van der Waals surface area contributed by atoms with E-state index in [-0.39, 0.29) is 17.6 Å². The van der Waals surface area contributed by atoms with Crippen molar-refractivity contribution in [1.82, 2.24) is 14.1 Å². The summed E-state index contributed by atoms with van der Waals surface area (Å²) in [5.41, 5.74) is 0.616. The Kier molecular flexibility index (Phi) is 6.22. The highest BCUT2D eigenvalue weighted by molar-refractivity contribution is 7.88. The van der Waals surface area contributed by atoms with Gasteiger partial charge in [-0.15, -0.1) is 0 Å². The molecule has 8 heteroatoms. The van der Waals surface area contributed by atoms with Crippen molar-refractivity contribution in [2.75, 3.05) is 46.3 Å². The summed E-state index contributed by atoms with van der Waals surface area (Å²) in [5, 5.41) is 0.469. The second-order valence-corrected chi connectivity index (χ2v) is 9.53. The molecule has 2 fully saturated rings. The van der Waals surface area contributed by atoms with Gasteiger partial charge in [0, 0.05) is 50.2 Å². The molecule has 3 rings (SSSR count). The molecule has 0 unspecified atom stereocenters. The van der Waals surface area contributed by atoms with Crippen molar-refractivity contribution in [2.45, 2.75) is 18.6 Å². The molecule has 2 aliphatic heterocycles. The maximum atomic E-state index is 12.7. The highest BCUT2D eigenvalue weighted by Gasteiger charge is 2.33. The fourth-order valence-electron chi connectivity index (χ4n) is 3.57. The Morgan fingerprint density at radius 1 is 1.08 bits per heavy atom. The van der Waals surface area contributed by atoms with E-state index in [4.69, 9.17) is 11.6 Å². The normalized spacial score (nSPS) is 21.1. The van der Waals surface area contributed by atoms with Crippen molar-refractivity contribution in [1.29, 1.82) is 0 Å². The predicted octanol–water partition coefficient (Wildman–Crippen LogP) is 1.66. The van der Waals surface area contributed by atoms with Gasteiger partial charge in [0.25, 0.3) is 0 Å². The second kappa shape index (κ2) is 8.25. The number of amides is 1. The van der Waals surface area contributed by atoms with Gasteiger partial charge in [-0.25, -0.2) is 12.7 Å². The van der Waals surface area contributed by atoms with E-state index in [1.165, 1.54) is 4.31 Å². The van der Waals surface area contributed by atoms with Crippen molar-refractivity contribution >= 4 is 27.5 Å². The number of nitrogens with zero attached hydrogens (tertiary/aromatic N) is 3. The van der Waals surface area contributed by atoms with Crippen LogP contribution >= 0.6 is 11.6 Å². The lowest BCUT2D eigenvalue weighted by molar-refractivity contribution is -0.138. The van der Waals surface area contributed by atoms with Crippen LogP contribution in [0.3, 0.4) is 0 Å². The maximum absolute atomic E-state index is 12.7. The fraction of sp³-hybridized carbons (Fsp3) is 0.611. The molecule has 0 radical (unpaired) electrons.